The molecule has 0 saturated carbocycles. The monoisotopic (exact) mass is 252 g/mol. The molecular formula is C11H24O2S2. The van der Waals surface area contributed by atoms with Crippen LogP contribution < -0.4 is 0 Å². The van der Waals surface area contributed by atoms with E-state index in [4.69, 9.17) is 10.2 Å². The van der Waals surface area contributed by atoms with E-state index in [1.165, 1.54) is 43.6 Å². The first-order valence-electron chi connectivity index (χ1n) is 5.79. The SMILES string of the molecule is OCCSCCCCCCCSCCO. The second-order valence-corrected chi connectivity index (χ2v) is 5.89. The van der Waals surface area contributed by atoms with E-state index in [1.807, 2.05) is 23.5 Å². The first kappa shape index (κ1) is 15.6. The lowest BCUT2D eigenvalue weighted by Gasteiger charge is -2.01. The summed E-state index contributed by atoms with van der Waals surface area (Å²) in [6, 6.07) is 0. The van der Waals surface area contributed by atoms with Crippen LogP contribution in [0.4, 0.5) is 0 Å². The van der Waals surface area contributed by atoms with Crippen molar-refractivity contribution in [3.8, 4) is 0 Å². The summed E-state index contributed by atoms with van der Waals surface area (Å²) in [6.07, 6.45) is 6.55. The van der Waals surface area contributed by atoms with Crippen LogP contribution in [0.5, 0.6) is 0 Å². The predicted octanol–water partition coefficient (Wildman–Crippen LogP) is 2.39. The molecule has 92 valence electrons. The van der Waals surface area contributed by atoms with E-state index in [0.717, 1.165) is 11.5 Å². The van der Waals surface area contributed by atoms with Gasteiger partial charge >= 0.3 is 0 Å². The molecule has 0 amide bonds. The van der Waals surface area contributed by atoms with Gasteiger partial charge in [-0.2, -0.15) is 23.5 Å². The molecule has 0 aromatic heterocycles. The van der Waals surface area contributed by atoms with E-state index < -0.39 is 0 Å². The summed E-state index contributed by atoms with van der Waals surface area (Å²) in [5.74, 6) is 4.16. The second-order valence-electron chi connectivity index (χ2n) is 3.44. The van der Waals surface area contributed by atoms with Crippen molar-refractivity contribution in [2.75, 3.05) is 36.2 Å². The van der Waals surface area contributed by atoms with Crippen LogP contribution in [0.3, 0.4) is 0 Å². The zero-order valence-electron chi connectivity index (χ0n) is 9.49. The first-order valence-corrected chi connectivity index (χ1v) is 8.10. The molecule has 0 unspecified atom stereocenters. The minimum atomic E-state index is 0.312. The number of thioether (sulfide) groups is 2. The summed E-state index contributed by atoms with van der Waals surface area (Å²) in [5.41, 5.74) is 0. The summed E-state index contributed by atoms with van der Waals surface area (Å²) in [5, 5.41) is 17.1. The van der Waals surface area contributed by atoms with Crippen molar-refractivity contribution in [1.29, 1.82) is 0 Å². The molecule has 0 aliphatic rings. The summed E-state index contributed by atoms with van der Waals surface area (Å²) in [4.78, 5) is 0. The minimum absolute atomic E-state index is 0.312. The zero-order chi connectivity index (χ0) is 11.2. The second kappa shape index (κ2) is 14.6. The first-order chi connectivity index (χ1) is 7.41. The quantitative estimate of drug-likeness (QED) is 0.523. The lowest BCUT2D eigenvalue weighted by atomic mass is 10.2. The Labute approximate surface area is 102 Å². The fourth-order valence-corrected chi connectivity index (χ4v) is 2.75. The molecule has 2 N–H and O–H groups in total. The number of aliphatic hydroxyl groups excluding tert-OH is 2. The molecule has 0 aromatic carbocycles. The van der Waals surface area contributed by atoms with Gasteiger partial charge in [-0.05, 0) is 24.3 Å². The van der Waals surface area contributed by atoms with Crippen molar-refractivity contribution >= 4 is 23.5 Å². The van der Waals surface area contributed by atoms with Gasteiger partial charge in [0.1, 0.15) is 0 Å². The molecule has 0 radical (unpaired) electrons. The van der Waals surface area contributed by atoms with Crippen molar-refractivity contribution in [3.63, 3.8) is 0 Å². The van der Waals surface area contributed by atoms with E-state index in [9.17, 15) is 0 Å². The van der Waals surface area contributed by atoms with Crippen LogP contribution in [-0.4, -0.2) is 46.4 Å². The third kappa shape index (κ3) is 14.6. The molecule has 0 aliphatic heterocycles. The van der Waals surface area contributed by atoms with E-state index in [2.05, 4.69) is 0 Å². The van der Waals surface area contributed by atoms with Gasteiger partial charge in [0.15, 0.2) is 0 Å². The number of hydrogen-bond acceptors (Lipinski definition) is 4. The minimum Gasteiger partial charge on any atom is -0.396 e. The fraction of sp³-hybridized carbons (Fsp3) is 1.00. The molecule has 0 fully saturated rings. The largest absolute Gasteiger partial charge is 0.396 e. The Morgan fingerprint density at radius 1 is 0.533 bits per heavy atom. The van der Waals surface area contributed by atoms with Crippen LogP contribution in [0.25, 0.3) is 0 Å². The molecule has 0 aromatic rings. The molecule has 0 saturated heterocycles. The Balaban J connectivity index is 2.81. The maximum Gasteiger partial charge on any atom is 0.0521 e. The summed E-state index contributed by atoms with van der Waals surface area (Å²) in [7, 11) is 0. The van der Waals surface area contributed by atoms with Crippen molar-refractivity contribution < 1.29 is 10.2 Å². The van der Waals surface area contributed by atoms with Gasteiger partial charge in [0.05, 0.1) is 13.2 Å². The molecule has 0 bridgehead atoms. The molecule has 0 rings (SSSR count). The standard InChI is InChI=1S/C11H24O2S2/c12-6-10-14-8-4-2-1-3-5-9-15-11-7-13/h12-13H,1-11H2. The molecule has 0 spiro atoms. The normalized spacial score (nSPS) is 10.8. The molecule has 0 aliphatic carbocycles. The number of hydrogen-bond donors (Lipinski definition) is 2. The molecular weight excluding hydrogens is 228 g/mol. The Hall–Kier alpha value is 0.620. The highest BCUT2D eigenvalue weighted by Gasteiger charge is 1.92. The van der Waals surface area contributed by atoms with E-state index in [1.54, 1.807) is 0 Å². The summed E-state index contributed by atoms with van der Waals surface area (Å²) < 4.78 is 0. The van der Waals surface area contributed by atoms with Crippen molar-refractivity contribution in [2.24, 2.45) is 0 Å². The van der Waals surface area contributed by atoms with Crippen molar-refractivity contribution in [2.45, 2.75) is 32.1 Å². The van der Waals surface area contributed by atoms with Gasteiger partial charge in [-0.25, -0.2) is 0 Å². The average molecular weight is 252 g/mol. The van der Waals surface area contributed by atoms with Gasteiger partial charge in [0.2, 0.25) is 0 Å². The topological polar surface area (TPSA) is 40.5 Å². The number of rotatable bonds is 12. The highest BCUT2D eigenvalue weighted by atomic mass is 32.2. The molecule has 15 heavy (non-hydrogen) atoms. The molecule has 4 heteroatoms. The Bertz CT molecular complexity index is 101. The van der Waals surface area contributed by atoms with E-state index >= 15 is 0 Å². The van der Waals surface area contributed by atoms with Gasteiger partial charge in [0.25, 0.3) is 0 Å². The Morgan fingerprint density at radius 3 is 1.33 bits per heavy atom. The van der Waals surface area contributed by atoms with Gasteiger partial charge in [-0.1, -0.05) is 19.3 Å². The smallest absolute Gasteiger partial charge is 0.0521 e. The van der Waals surface area contributed by atoms with Crippen molar-refractivity contribution in [3.05, 3.63) is 0 Å². The highest BCUT2D eigenvalue weighted by Crippen LogP contribution is 2.10. The zero-order valence-corrected chi connectivity index (χ0v) is 11.1. The molecule has 0 heterocycles. The van der Waals surface area contributed by atoms with E-state index in [-0.39, 0.29) is 0 Å². The van der Waals surface area contributed by atoms with Crippen LogP contribution in [0.2, 0.25) is 0 Å². The maximum atomic E-state index is 8.57. The van der Waals surface area contributed by atoms with Gasteiger partial charge < -0.3 is 10.2 Å². The van der Waals surface area contributed by atoms with Gasteiger partial charge in [-0.3, -0.25) is 0 Å². The lowest BCUT2D eigenvalue weighted by molar-refractivity contribution is 0.322. The number of unbranched alkanes of at least 4 members (excludes halogenated alkanes) is 4. The van der Waals surface area contributed by atoms with Gasteiger partial charge in [0, 0.05) is 11.5 Å². The average Bonchev–Trinajstić information content (AvgIpc) is 2.26. The van der Waals surface area contributed by atoms with Crippen LogP contribution in [0.15, 0.2) is 0 Å². The third-order valence-electron chi connectivity index (χ3n) is 2.05. The molecule has 2 nitrogen and oxygen atoms in total. The van der Waals surface area contributed by atoms with Crippen LogP contribution in [-0.2, 0) is 0 Å². The Kier molecular flexibility index (Phi) is 15.2. The maximum absolute atomic E-state index is 8.57. The fourth-order valence-electron chi connectivity index (χ4n) is 1.27. The van der Waals surface area contributed by atoms with Crippen LogP contribution >= 0.6 is 23.5 Å². The highest BCUT2D eigenvalue weighted by molar-refractivity contribution is 7.99. The van der Waals surface area contributed by atoms with Crippen LogP contribution in [0.1, 0.15) is 32.1 Å². The third-order valence-corrected chi connectivity index (χ3v) is 4.15. The van der Waals surface area contributed by atoms with Crippen LogP contribution in [0, 0.1) is 0 Å². The summed E-state index contributed by atoms with van der Waals surface area (Å²) >= 11 is 3.69. The van der Waals surface area contributed by atoms with Crippen molar-refractivity contribution in [1.82, 2.24) is 0 Å². The lowest BCUT2D eigenvalue weighted by Crippen LogP contribution is -1.90. The van der Waals surface area contributed by atoms with Gasteiger partial charge in [-0.15, -0.1) is 0 Å². The predicted molar refractivity (Wildman–Crippen MR) is 71.9 cm³/mol. The molecule has 0 atom stereocenters. The Morgan fingerprint density at radius 2 is 0.933 bits per heavy atom. The van der Waals surface area contributed by atoms with E-state index in [0.29, 0.717) is 13.2 Å². The summed E-state index contributed by atoms with van der Waals surface area (Å²) in [6.45, 7) is 0.624. The number of aliphatic hydroxyl groups is 2.